The van der Waals surface area contributed by atoms with E-state index < -0.39 is 10.0 Å². The van der Waals surface area contributed by atoms with E-state index in [9.17, 15) is 8.42 Å². The Morgan fingerprint density at radius 2 is 2.26 bits per heavy atom. The summed E-state index contributed by atoms with van der Waals surface area (Å²) in [6.07, 6.45) is 4.39. The molecule has 0 radical (unpaired) electrons. The molecule has 0 spiro atoms. The Morgan fingerprint density at radius 1 is 1.53 bits per heavy atom. The average molecular weight is 321 g/mol. The molecule has 1 atom stereocenters. The van der Waals surface area contributed by atoms with Crippen LogP contribution in [0, 0.1) is 0 Å². The zero-order chi connectivity index (χ0) is 13.9. The van der Waals surface area contributed by atoms with Crippen LogP contribution < -0.4 is 10.0 Å². The predicted octanol–water partition coefficient (Wildman–Crippen LogP) is 2.03. The summed E-state index contributed by atoms with van der Waals surface area (Å²) in [5, 5.41) is 5.48. The normalized spacial score (nSPS) is 17.6. The van der Waals surface area contributed by atoms with E-state index in [-0.39, 0.29) is 5.25 Å². The maximum Gasteiger partial charge on any atom is 0.241 e. The van der Waals surface area contributed by atoms with E-state index in [0.29, 0.717) is 24.0 Å². The third-order valence-corrected chi connectivity index (χ3v) is 6.62. The standard InChI is InChI=1S/C12H20N2O2S3/c1-9(17-2)7-14-19(15,16)12-5-6-18-11(12)8-13-10-3-4-10/h5-6,9-10,13-14H,3-4,7-8H2,1-2H3. The van der Waals surface area contributed by atoms with Gasteiger partial charge in [0.2, 0.25) is 10.0 Å². The maximum absolute atomic E-state index is 12.3. The maximum atomic E-state index is 12.3. The minimum atomic E-state index is -3.37. The van der Waals surface area contributed by atoms with Gasteiger partial charge in [-0.25, -0.2) is 13.1 Å². The Kier molecular flexibility index (Phi) is 5.30. The van der Waals surface area contributed by atoms with Crippen molar-refractivity contribution in [1.82, 2.24) is 10.0 Å². The summed E-state index contributed by atoms with van der Waals surface area (Å²) < 4.78 is 27.2. The molecule has 108 valence electrons. The number of nitrogens with one attached hydrogen (secondary N) is 2. The van der Waals surface area contributed by atoms with Gasteiger partial charge in [-0.15, -0.1) is 11.3 Å². The molecule has 19 heavy (non-hydrogen) atoms. The highest BCUT2D eigenvalue weighted by molar-refractivity contribution is 7.99. The highest BCUT2D eigenvalue weighted by atomic mass is 32.2. The molecular formula is C12H20N2O2S3. The number of thioether (sulfide) groups is 1. The van der Waals surface area contributed by atoms with E-state index in [1.165, 1.54) is 24.2 Å². The largest absolute Gasteiger partial charge is 0.309 e. The molecule has 1 aromatic heterocycles. The molecule has 2 N–H and O–H groups in total. The molecule has 7 heteroatoms. The SMILES string of the molecule is CSC(C)CNS(=O)(=O)c1ccsc1CNC1CC1. The highest BCUT2D eigenvalue weighted by Gasteiger charge is 2.24. The zero-order valence-corrected chi connectivity index (χ0v) is 13.6. The molecule has 0 amide bonds. The van der Waals surface area contributed by atoms with E-state index in [0.717, 1.165) is 4.88 Å². The van der Waals surface area contributed by atoms with Crippen LogP contribution in [0.2, 0.25) is 0 Å². The molecule has 1 aliphatic rings. The van der Waals surface area contributed by atoms with Crippen LogP contribution in [0.3, 0.4) is 0 Å². The van der Waals surface area contributed by atoms with Gasteiger partial charge in [0.05, 0.1) is 4.90 Å². The Morgan fingerprint density at radius 3 is 2.89 bits per heavy atom. The first-order valence-electron chi connectivity index (χ1n) is 6.35. The summed E-state index contributed by atoms with van der Waals surface area (Å²) in [7, 11) is -3.37. The van der Waals surface area contributed by atoms with Crippen molar-refractivity contribution in [2.75, 3.05) is 12.8 Å². The fraction of sp³-hybridized carbons (Fsp3) is 0.667. The summed E-state index contributed by atoms with van der Waals surface area (Å²) in [4.78, 5) is 1.33. The van der Waals surface area contributed by atoms with Crippen LogP contribution in [0.1, 0.15) is 24.6 Å². The number of sulfonamides is 1. The molecule has 1 heterocycles. The molecule has 1 unspecified atom stereocenters. The van der Waals surface area contributed by atoms with Gasteiger partial charge in [-0.2, -0.15) is 11.8 Å². The second-order valence-electron chi connectivity index (χ2n) is 4.76. The van der Waals surface area contributed by atoms with Crippen LogP contribution in [0.15, 0.2) is 16.3 Å². The van der Waals surface area contributed by atoms with Crippen LogP contribution in [0.25, 0.3) is 0 Å². The second kappa shape index (κ2) is 6.58. The molecule has 1 saturated carbocycles. The molecule has 1 fully saturated rings. The minimum absolute atomic E-state index is 0.279. The lowest BCUT2D eigenvalue weighted by Gasteiger charge is -2.11. The summed E-state index contributed by atoms with van der Waals surface area (Å²) in [6.45, 7) is 3.13. The van der Waals surface area contributed by atoms with E-state index in [2.05, 4.69) is 10.0 Å². The van der Waals surface area contributed by atoms with Crippen molar-refractivity contribution in [3.63, 3.8) is 0 Å². The molecular weight excluding hydrogens is 300 g/mol. The Hall–Kier alpha value is -0.0800. The zero-order valence-electron chi connectivity index (χ0n) is 11.2. The lowest BCUT2D eigenvalue weighted by Crippen LogP contribution is -2.30. The predicted molar refractivity (Wildman–Crippen MR) is 82.3 cm³/mol. The monoisotopic (exact) mass is 320 g/mol. The van der Waals surface area contributed by atoms with Gasteiger partial charge in [0, 0.05) is 29.3 Å². The fourth-order valence-electron chi connectivity index (χ4n) is 1.61. The Labute approximate surface area is 123 Å². The fourth-order valence-corrected chi connectivity index (χ4v) is 4.49. The van der Waals surface area contributed by atoms with Crippen molar-refractivity contribution < 1.29 is 8.42 Å². The molecule has 1 aliphatic carbocycles. The van der Waals surface area contributed by atoms with Gasteiger partial charge in [-0.05, 0) is 30.5 Å². The molecule has 0 saturated heterocycles. The van der Waals surface area contributed by atoms with Crippen LogP contribution in [0.4, 0.5) is 0 Å². The Bertz CT molecular complexity index is 509. The third kappa shape index (κ3) is 4.46. The second-order valence-corrected chi connectivity index (χ2v) is 8.77. The molecule has 4 nitrogen and oxygen atoms in total. The lowest BCUT2D eigenvalue weighted by molar-refractivity contribution is 0.579. The van der Waals surface area contributed by atoms with Gasteiger partial charge in [-0.3, -0.25) is 0 Å². The number of hydrogen-bond acceptors (Lipinski definition) is 5. The van der Waals surface area contributed by atoms with Crippen molar-refractivity contribution in [2.45, 2.75) is 42.5 Å². The molecule has 0 aromatic carbocycles. The quantitative estimate of drug-likeness (QED) is 0.769. The third-order valence-electron chi connectivity index (χ3n) is 3.09. The average Bonchev–Trinajstić information content (AvgIpc) is 3.09. The van der Waals surface area contributed by atoms with Crippen molar-refractivity contribution >= 4 is 33.1 Å². The van der Waals surface area contributed by atoms with Crippen molar-refractivity contribution in [3.8, 4) is 0 Å². The number of thiophene rings is 1. The minimum Gasteiger partial charge on any atom is -0.309 e. The molecule has 2 rings (SSSR count). The number of hydrogen-bond donors (Lipinski definition) is 2. The Balaban J connectivity index is 2.00. The molecule has 1 aromatic rings. The molecule has 0 bridgehead atoms. The van der Waals surface area contributed by atoms with E-state index in [1.54, 1.807) is 17.8 Å². The van der Waals surface area contributed by atoms with Crippen molar-refractivity contribution in [2.24, 2.45) is 0 Å². The summed E-state index contributed by atoms with van der Waals surface area (Å²) in [5.74, 6) is 0. The van der Waals surface area contributed by atoms with E-state index in [4.69, 9.17) is 0 Å². The van der Waals surface area contributed by atoms with Crippen molar-refractivity contribution in [3.05, 3.63) is 16.3 Å². The summed E-state index contributed by atoms with van der Waals surface area (Å²) in [5.41, 5.74) is 0. The first-order chi connectivity index (χ1) is 9.03. The van der Waals surface area contributed by atoms with Crippen molar-refractivity contribution in [1.29, 1.82) is 0 Å². The summed E-state index contributed by atoms with van der Waals surface area (Å²) >= 11 is 3.15. The van der Waals surface area contributed by atoms with Gasteiger partial charge < -0.3 is 5.32 Å². The van der Waals surface area contributed by atoms with Crippen LogP contribution >= 0.6 is 23.1 Å². The van der Waals surface area contributed by atoms with E-state index >= 15 is 0 Å². The topological polar surface area (TPSA) is 58.2 Å². The smallest absolute Gasteiger partial charge is 0.241 e. The van der Waals surface area contributed by atoms with Gasteiger partial charge in [0.25, 0.3) is 0 Å². The molecule has 0 aliphatic heterocycles. The lowest BCUT2D eigenvalue weighted by atomic mass is 10.4. The van der Waals surface area contributed by atoms with Crippen LogP contribution in [-0.2, 0) is 16.6 Å². The number of rotatable bonds is 8. The van der Waals surface area contributed by atoms with Gasteiger partial charge in [0.15, 0.2) is 0 Å². The van der Waals surface area contributed by atoms with E-state index in [1.807, 2.05) is 18.6 Å². The first-order valence-corrected chi connectivity index (χ1v) is 10.00. The first kappa shape index (κ1) is 15.3. The van der Waals surface area contributed by atoms with Gasteiger partial charge >= 0.3 is 0 Å². The van der Waals surface area contributed by atoms with Gasteiger partial charge in [-0.1, -0.05) is 6.92 Å². The van der Waals surface area contributed by atoms with Crippen LogP contribution in [-0.4, -0.2) is 32.5 Å². The summed E-state index contributed by atoms with van der Waals surface area (Å²) in [6, 6.07) is 2.28. The highest BCUT2D eigenvalue weighted by Crippen LogP contribution is 2.24. The van der Waals surface area contributed by atoms with Crippen LogP contribution in [0.5, 0.6) is 0 Å². The van der Waals surface area contributed by atoms with Gasteiger partial charge in [0.1, 0.15) is 0 Å².